The molecule has 2 amide bonds. The molecule has 114 valence electrons. The smallest absolute Gasteiger partial charge is 0.315 e. The highest BCUT2D eigenvalue weighted by Crippen LogP contribution is 2.55. The SMILES string of the molecule is O=C(NCCc1cnc[nH]1)NC12CC3CC(CC(C3)C1)C2. The van der Waals surface area contributed by atoms with Crippen LogP contribution in [0, 0.1) is 17.8 Å². The Morgan fingerprint density at radius 1 is 1.24 bits per heavy atom. The lowest BCUT2D eigenvalue weighted by Crippen LogP contribution is -2.61. The summed E-state index contributed by atoms with van der Waals surface area (Å²) in [5.74, 6) is 2.59. The number of imidazole rings is 1. The number of carbonyl (C=O) groups excluding carboxylic acids is 1. The topological polar surface area (TPSA) is 69.8 Å². The van der Waals surface area contributed by atoms with Crippen molar-refractivity contribution in [1.29, 1.82) is 0 Å². The third kappa shape index (κ3) is 2.65. The molecule has 1 aromatic heterocycles. The van der Waals surface area contributed by atoms with Crippen LogP contribution in [-0.4, -0.2) is 28.1 Å². The second kappa shape index (κ2) is 5.04. The maximum absolute atomic E-state index is 12.2. The average Bonchev–Trinajstić information content (AvgIpc) is 2.89. The lowest BCUT2D eigenvalue weighted by atomic mass is 9.53. The largest absolute Gasteiger partial charge is 0.348 e. The van der Waals surface area contributed by atoms with Crippen LogP contribution in [0.4, 0.5) is 4.79 Å². The van der Waals surface area contributed by atoms with Gasteiger partial charge in [-0.1, -0.05) is 0 Å². The summed E-state index contributed by atoms with van der Waals surface area (Å²) in [5.41, 5.74) is 1.16. The van der Waals surface area contributed by atoms with Gasteiger partial charge in [0.05, 0.1) is 6.33 Å². The van der Waals surface area contributed by atoms with Crippen LogP contribution >= 0.6 is 0 Å². The molecule has 1 heterocycles. The minimum absolute atomic E-state index is 0.0106. The fraction of sp³-hybridized carbons (Fsp3) is 0.750. The third-order valence-corrected chi connectivity index (χ3v) is 5.65. The maximum Gasteiger partial charge on any atom is 0.315 e. The van der Waals surface area contributed by atoms with E-state index >= 15 is 0 Å². The lowest BCUT2D eigenvalue weighted by molar-refractivity contribution is -0.0135. The molecule has 0 aliphatic heterocycles. The van der Waals surface area contributed by atoms with Crippen LogP contribution in [0.25, 0.3) is 0 Å². The molecule has 0 spiro atoms. The molecule has 1 aromatic rings. The van der Waals surface area contributed by atoms with Gasteiger partial charge in [-0.25, -0.2) is 9.78 Å². The van der Waals surface area contributed by atoms with Crippen molar-refractivity contribution < 1.29 is 4.79 Å². The Morgan fingerprint density at radius 2 is 1.90 bits per heavy atom. The zero-order chi connectivity index (χ0) is 14.3. The second-order valence-electron chi connectivity index (χ2n) is 7.41. The summed E-state index contributed by atoms with van der Waals surface area (Å²) in [4.78, 5) is 19.2. The molecular weight excluding hydrogens is 264 g/mol. The summed E-state index contributed by atoms with van der Waals surface area (Å²) < 4.78 is 0. The van der Waals surface area contributed by atoms with Gasteiger partial charge in [0, 0.05) is 30.4 Å². The molecule has 0 unspecified atom stereocenters. The summed E-state index contributed by atoms with van der Waals surface area (Å²) >= 11 is 0. The van der Waals surface area contributed by atoms with Crippen molar-refractivity contribution in [2.24, 2.45) is 17.8 Å². The van der Waals surface area contributed by atoms with Gasteiger partial charge >= 0.3 is 6.03 Å². The van der Waals surface area contributed by atoms with Crippen LogP contribution in [0.15, 0.2) is 12.5 Å². The van der Waals surface area contributed by atoms with Gasteiger partial charge in [0.1, 0.15) is 0 Å². The van der Waals surface area contributed by atoms with Gasteiger partial charge in [-0.2, -0.15) is 0 Å². The van der Waals surface area contributed by atoms with E-state index in [2.05, 4.69) is 20.6 Å². The highest BCUT2D eigenvalue weighted by Gasteiger charge is 2.51. The van der Waals surface area contributed by atoms with Gasteiger partial charge in [0.25, 0.3) is 0 Å². The van der Waals surface area contributed by atoms with E-state index in [1.807, 2.05) is 0 Å². The Kier molecular flexibility index (Phi) is 3.16. The number of H-pyrrole nitrogens is 1. The van der Waals surface area contributed by atoms with Gasteiger partial charge in [0.2, 0.25) is 0 Å². The number of aromatic nitrogens is 2. The number of urea groups is 1. The molecule has 4 aliphatic carbocycles. The maximum atomic E-state index is 12.2. The lowest BCUT2D eigenvalue weighted by Gasteiger charge is -2.56. The Morgan fingerprint density at radius 3 is 2.48 bits per heavy atom. The quantitative estimate of drug-likeness (QED) is 0.795. The molecule has 4 saturated carbocycles. The first kappa shape index (κ1) is 13.2. The first-order chi connectivity index (χ1) is 10.2. The Hall–Kier alpha value is -1.52. The zero-order valence-corrected chi connectivity index (χ0v) is 12.4. The van der Waals surface area contributed by atoms with Crippen LogP contribution in [0.5, 0.6) is 0 Å². The fourth-order valence-electron chi connectivity index (χ4n) is 5.28. The van der Waals surface area contributed by atoms with Gasteiger partial charge in [-0.05, 0) is 56.3 Å². The Bertz CT molecular complexity index is 475. The normalized spacial score (nSPS) is 36.7. The molecule has 21 heavy (non-hydrogen) atoms. The highest BCUT2D eigenvalue weighted by atomic mass is 16.2. The molecule has 4 bridgehead atoms. The number of nitrogens with zero attached hydrogens (tertiary/aromatic N) is 1. The molecule has 5 heteroatoms. The fourth-order valence-corrected chi connectivity index (χ4v) is 5.28. The van der Waals surface area contributed by atoms with E-state index in [1.54, 1.807) is 12.5 Å². The average molecular weight is 288 g/mol. The summed E-state index contributed by atoms with van der Waals surface area (Å²) in [6.07, 6.45) is 12.1. The van der Waals surface area contributed by atoms with E-state index in [0.717, 1.165) is 29.9 Å². The molecule has 3 N–H and O–H groups in total. The van der Waals surface area contributed by atoms with Crippen LogP contribution in [-0.2, 0) is 6.42 Å². The minimum Gasteiger partial charge on any atom is -0.348 e. The number of amides is 2. The number of hydrogen-bond acceptors (Lipinski definition) is 2. The number of carbonyl (C=O) groups is 1. The van der Waals surface area contributed by atoms with Crippen LogP contribution in [0.2, 0.25) is 0 Å². The Labute approximate surface area is 125 Å². The number of rotatable bonds is 4. The molecule has 0 radical (unpaired) electrons. The first-order valence-corrected chi connectivity index (χ1v) is 8.24. The van der Waals surface area contributed by atoms with Gasteiger partial charge in [0.15, 0.2) is 0 Å². The number of nitrogens with one attached hydrogen (secondary N) is 3. The molecule has 5 rings (SSSR count). The van der Waals surface area contributed by atoms with E-state index < -0.39 is 0 Å². The molecule has 5 nitrogen and oxygen atoms in total. The standard InChI is InChI=1S/C16H24N4O/c21-15(18-2-1-14-9-17-10-19-14)20-16-6-11-3-12(7-16)5-13(4-11)8-16/h9-13H,1-8H2,(H,17,19)(H2,18,20,21). The van der Waals surface area contributed by atoms with Crippen molar-refractivity contribution in [2.45, 2.75) is 50.5 Å². The predicted octanol–water partition coefficient (Wildman–Crippen LogP) is 2.22. The Balaban J connectivity index is 1.30. The van der Waals surface area contributed by atoms with Crippen LogP contribution < -0.4 is 10.6 Å². The zero-order valence-electron chi connectivity index (χ0n) is 12.4. The van der Waals surface area contributed by atoms with Crippen molar-refractivity contribution in [2.75, 3.05) is 6.54 Å². The van der Waals surface area contributed by atoms with Gasteiger partial charge < -0.3 is 15.6 Å². The molecule has 0 atom stereocenters. The molecule has 4 aliphatic rings. The monoisotopic (exact) mass is 288 g/mol. The van der Waals surface area contributed by atoms with E-state index in [1.165, 1.54) is 38.5 Å². The molecule has 0 saturated heterocycles. The van der Waals surface area contributed by atoms with Crippen LogP contribution in [0.1, 0.15) is 44.2 Å². The van der Waals surface area contributed by atoms with Gasteiger partial charge in [-0.3, -0.25) is 0 Å². The summed E-state index contributed by atoms with van der Waals surface area (Å²) in [7, 11) is 0. The third-order valence-electron chi connectivity index (χ3n) is 5.65. The van der Waals surface area contributed by atoms with Crippen molar-refractivity contribution in [3.05, 3.63) is 18.2 Å². The van der Waals surface area contributed by atoms with E-state index in [4.69, 9.17) is 0 Å². The van der Waals surface area contributed by atoms with E-state index in [-0.39, 0.29) is 11.6 Å². The highest BCUT2D eigenvalue weighted by molar-refractivity contribution is 5.74. The van der Waals surface area contributed by atoms with Gasteiger partial charge in [-0.15, -0.1) is 0 Å². The first-order valence-electron chi connectivity index (χ1n) is 8.24. The predicted molar refractivity (Wildman–Crippen MR) is 79.7 cm³/mol. The summed E-state index contributed by atoms with van der Waals surface area (Å²) in [6.45, 7) is 0.653. The molecule has 4 fully saturated rings. The van der Waals surface area contributed by atoms with Crippen LogP contribution in [0.3, 0.4) is 0 Å². The van der Waals surface area contributed by atoms with Crippen molar-refractivity contribution in [3.63, 3.8) is 0 Å². The van der Waals surface area contributed by atoms with Crippen molar-refractivity contribution in [1.82, 2.24) is 20.6 Å². The number of aromatic amines is 1. The molecule has 0 aromatic carbocycles. The minimum atomic E-state index is 0.0106. The summed E-state index contributed by atoms with van der Waals surface area (Å²) in [5, 5.41) is 6.33. The molecular formula is C16H24N4O. The second-order valence-corrected chi connectivity index (χ2v) is 7.41. The number of hydrogen-bond donors (Lipinski definition) is 3. The van der Waals surface area contributed by atoms with E-state index in [0.29, 0.717) is 6.54 Å². The summed E-state index contributed by atoms with van der Waals surface area (Å²) in [6, 6.07) is 0.0106. The van der Waals surface area contributed by atoms with Crippen molar-refractivity contribution >= 4 is 6.03 Å². The van der Waals surface area contributed by atoms with E-state index in [9.17, 15) is 4.79 Å². The van der Waals surface area contributed by atoms with Crippen molar-refractivity contribution in [3.8, 4) is 0 Å².